The second kappa shape index (κ2) is 3.89. The maximum atomic E-state index is 6.06. The molecule has 1 aliphatic rings. The highest BCUT2D eigenvalue weighted by molar-refractivity contribution is 5.46. The molecule has 4 nitrogen and oxygen atoms in total. The Bertz CT molecular complexity index is 427. The molecule has 0 aliphatic carbocycles. The van der Waals surface area contributed by atoms with E-state index in [1.165, 1.54) is 0 Å². The van der Waals surface area contributed by atoms with Crippen molar-refractivity contribution in [3.63, 3.8) is 0 Å². The van der Waals surface area contributed by atoms with E-state index >= 15 is 0 Å². The average molecular weight is 236 g/mol. The van der Waals surface area contributed by atoms with E-state index in [1.807, 2.05) is 46.0 Å². The number of fused-ring (bicyclic) bond motifs is 1. The predicted octanol–water partition coefficient (Wildman–Crippen LogP) is 1.63. The Labute approximate surface area is 102 Å². The van der Waals surface area contributed by atoms with Crippen LogP contribution in [0.15, 0.2) is 18.2 Å². The van der Waals surface area contributed by atoms with Crippen molar-refractivity contribution >= 4 is 0 Å². The van der Waals surface area contributed by atoms with E-state index < -0.39 is 11.4 Å². The number of nitrogens with one attached hydrogen (secondary N) is 1. The molecule has 0 spiro atoms. The van der Waals surface area contributed by atoms with Gasteiger partial charge in [-0.15, -0.1) is 0 Å². The van der Waals surface area contributed by atoms with Gasteiger partial charge in [-0.05, 0) is 31.7 Å². The van der Waals surface area contributed by atoms with E-state index in [9.17, 15) is 0 Å². The summed E-state index contributed by atoms with van der Waals surface area (Å²) in [6.07, 6.45) is 0.737. The summed E-state index contributed by atoms with van der Waals surface area (Å²) in [5, 5.41) is 3.08. The highest BCUT2D eigenvalue weighted by atomic mass is 16.7. The lowest BCUT2D eigenvalue weighted by Gasteiger charge is -2.23. The van der Waals surface area contributed by atoms with E-state index in [1.54, 1.807) is 0 Å². The summed E-state index contributed by atoms with van der Waals surface area (Å²) >= 11 is 0. The third kappa shape index (κ3) is 2.70. The number of benzene rings is 1. The van der Waals surface area contributed by atoms with Crippen LogP contribution in [0.4, 0.5) is 0 Å². The Morgan fingerprint density at radius 2 is 1.94 bits per heavy atom. The molecule has 4 heteroatoms. The highest BCUT2D eigenvalue weighted by Gasteiger charge is 2.31. The van der Waals surface area contributed by atoms with Gasteiger partial charge in [-0.1, -0.05) is 6.07 Å². The van der Waals surface area contributed by atoms with Gasteiger partial charge in [0.1, 0.15) is 0 Å². The second-order valence-electron chi connectivity index (χ2n) is 5.23. The normalized spacial score (nSPS) is 20.1. The number of ether oxygens (including phenoxy) is 2. The smallest absolute Gasteiger partial charge is 0.246 e. The molecule has 2 rings (SSSR count). The monoisotopic (exact) mass is 236 g/mol. The first kappa shape index (κ1) is 12.2. The van der Waals surface area contributed by atoms with Gasteiger partial charge in [-0.25, -0.2) is 0 Å². The van der Waals surface area contributed by atoms with E-state index in [-0.39, 0.29) is 0 Å². The fourth-order valence-corrected chi connectivity index (χ4v) is 1.89. The molecule has 0 fully saturated rings. The number of hydrogen-bond donors (Lipinski definition) is 2. The minimum absolute atomic E-state index is 0.413. The van der Waals surface area contributed by atoms with E-state index in [2.05, 4.69) is 5.32 Å². The molecule has 1 aromatic rings. The third-order valence-corrected chi connectivity index (χ3v) is 2.86. The standard InChI is InChI=1S/C13H20N2O2/c1-12(2)16-10-6-5-9(7-11(10)17-12)8-13(3,14)15-4/h5-7,15H,8,14H2,1-4H3. The van der Waals surface area contributed by atoms with Gasteiger partial charge in [-0.3, -0.25) is 0 Å². The number of hydrogen-bond acceptors (Lipinski definition) is 4. The molecule has 0 amide bonds. The highest BCUT2D eigenvalue weighted by Crippen LogP contribution is 2.39. The minimum Gasteiger partial charge on any atom is -0.449 e. The molecule has 94 valence electrons. The van der Waals surface area contributed by atoms with Gasteiger partial charge in [-0.2, -0.15) is 0 Å². The van der Waals surface area contributed by atoms with Crippen LogP contribution >= 0.6 is 0 Å². The largest absolute Gasteiger partial charge is 0.449 e. The lowest BCUT2D eigenvalue weighted by atomic mass is 10.0. The van der Waals surface area contributed by atoms with Crippen molar-refractivity contribution in [2.45, 2.75) is 38.6 Å². The Kier molecular flexibility index (Phi) is 2.79. The van der Waals surface area contributed by atoms with E-state index in [0.717, 1.165) is 23.5 Å². The molecule has 3 N–H and O–H groups in total. The Balaban J connectivity index is 2.20. The van der Waals surface area contributed by atoms with Crippen LogP contribution in [0.2, 0.25) is 0 Å². The van der Waals surface area contributed by atoms with Crippen molar-refractivity contribution in [3.05, 3.63) is 23.8 Å². The van der Waals surface area contributed by atoms with Crippen molar-refractivity contribution < 1.29 is 9.47 Å². The van der Waals surface area contributed by atoms with Crippen molar-refractivity contribution in [3.8, 4) is 11.5 Å². The summed E-state index contributed by atoms with van der Waals surface area (Å²) in [5.41, 5.74) is 6.78. The van der Waals surface area contributed by atoms with Gasteiger partial charge in [0.2, 0.25) is 5.79 Å². The summed E-state index contributed by atoms with van der Waals surface area (Å²) in [6, 6.07) is 5.95. The second-order valence-corrected chi connectivity index (χ2v) is 5.23. The zero-order chi connectivity index (χ0) is 12.7. The summed E-state index contributed by atoms with van der Waals surface area (Å²) in [5.74, 6) is 1.01. The van der Waals surface area contributed by atoms with Crippen LogP contribution in [0.25, 0.3) is 0 Å². The first-order valence-electron chi connectivity index (χ1n) is 5.80. The zero-order valence-electron chi connectivity index (χ0n) is 10.8. The van der Waals surface area contributed by atoms with Crippen molar-refractivity contribution in [2.24, 2.45) is 5.73 Å². The summed E-state index contributed by atoms with van der Waals surface area (Å²) in [7, 11) is 1.86. The topological polar surface area (TPSA) is 56.5 Å². The molecular formula is C13H20N2O2. The molecule has 0 radical (unpaired) electrons. The minimum atomic E-state index is -0.573. The number of nitrogens with two attached hydrogens (primary N) is 1. The summed E-state index contributed by atoms with van der Waals surface area (Å²) in [6.45, 7) is 5.75. The lowest BCUT2D eigenvalue weighted by molar-refractivity contribution is -0.0431. The van der Waals surface area contributed by atoms with Gasteiger partial charge >= 0.3 is 0 Å². The van der Waals surface area contributed by atoms with Crippen LogP contribution in [0.5, 0.6) is 11.5 Å². The van der Waals surface area contributed by atoms with Gasteiger partial charge < -0.3 is 20.5 Å². The maximum absolute atomic E-state index is 6.06. The SMILES string of the molecule is CNC(C)(N)Cc1ccc2c(c1)OC(C)(C)O2. The molecule has 0 bridgehead atoms. The predicted molar refractivity (Wildman–Crippen MR) is 67.1 cm³/mol. The molecule has 1 aromatic carbocycles. The third-order valence-electron chi connectivity index (χ3n) is 2.86. The summed E-state index contributed by atoms with van der Waals surface area (Å²) in [4.78, 5) is 0. The van der Waals surface area contributed by atoms with E-state index in [4.69, 9.17) is 15.2 Å². The molecule has 1 heterocycles. The fraction of sp³-hybridized carbons (Fsp3) is 0.538. The van der Waals surface area contributed by atoms with Crippen molar-refractivity contribution in [1.29, 1.82) is 0 Å². The molecule has 0 saturated heterocycles. The van der Waals surface area contributed by atoms with Crippen molar-refractivity contribution in [1.82, 2.24) is 5.32 Å². The molecule has 0 aromatic heterocycles. The lowest BCUT2D eigenvalue weighted by Crippen LogP contribution is -2.50. The first-order valence-corrected chi connectivity index (χ1v) is 5.80. The Morgan fingerprint density at radius 3 is 2.59 bits per heavy atom. The first-order chi connectivity index (χ1) is 7.81. The Morgan fingerprint density at radius 1 is 1.29 bits per heavy atom. The van der Waals surface area contributed by atoms with Crippen LogP contribution in [0.3, 0.4) is 0 Å². The Hall–Kier alpha value is -1.26. The van der Waals surface area contributed by atoms with Gasteiger partial charge in [0.25, 0.3) is 0 Å². The number of rotatable bonds is 3. The van der Waals surface area contributed by atoms with Crippen LogP contribution < -0.4 is 20.5 Å². The molecule has 17 heavy (non-hydrogen) atoms. The fourth-order valence-electron chi connectivity index (χ4n) is 1.89. The maximum Gasteiger partial charge on any atom is 0.246 e. The molecule has 0 saturated carbocycles. The van der Waals surface area contributed by atoms with Crippen LogP contribution in [0, 0.1) is 0 Å². The van der Waals surface area contributed by atoms with Crippen LogP contribution in [-0.4, -0.2) is 18.5 Å². The zero-order valence-corrected chi connectivity index (χ0v) is 10.8. The number of likely N-dealkylation sites (N-methyl/N-ethyl adjacent to an activating group) is 1. The van der Waals surface area contributed by atoms with E-state index in [0.29, 0.717) is 0 Å². The summed E-state index contributed by atoms with van der Waals surface area (Å²) < 4.78 is 11.3. The molecule has 1 aliphatic heterocycles. The molecule has 1 atom stereocenters. The molecular weight excluding hydrogens is 216 g/mol. The average Bonchev–Trinajstić information content (AvgIpc) is 2.50. The quantitative estimate of drug-likeness (QED) is 0.783. The van der Waals surface area contributed by atoms with Crippen LogP contribution in [0.1, 0.15) is 26.3 Å². The molecule has 1 unspecified atom stereocenters. The van der Waals surface area contributed by atoms with Crippen LogP contribution in [-0.2, 0) is 6.42 Å². The van der Waals surface area contributed by atoms with Gasteiger partial charge in [0, 0.05) is 20.3 Å². The van der Waals surface area contributed by atoms with Gasteiger partial charge in [0.05, 0.1) is 5.66 Å². The van der Waals surface area contributed by atoms with Crippen molar-refractivity contribution in [2.75, 3.05) is 7.05 Å². The van der Waals surface area contributed by atoms with Gasteiger partial charge in [0.15, 0.2) is 11.5 Å².